The Kier molecular flexibility index (Phi) is 5.22. The van der Waals surface area contributed by atoms with Crippen LogP contribution in [-0.2, 0) is 10.2 Å². The molecule has 0 heterocycles. The van der Waals surface area contributed by atoms with E-state index < -0.39 is 0 Å². The molecule has 1 saturated carbocycles. The number of aliphatic hydroxyl groups is 1. The Bertz CT molecular complexity index is 467. The molecule has 1 aromatic carbocycles. The lowest BCUT2D eigenvalue weighted by molar-refractivity contribution is -0.126. The number of amides is 1. The number of hydrogen-bond acceptors (Lipinski definition) is 2. The highest BCUT2D eigenvalue weighted by atomic mass is 79.9. The quantitative estimate of drug-likeness (QED) is 0.865. The monoisotopic (exact) mass is 339 g/mol. The molecule has 2 N–H and O–H groups in total. The number of benzene rings is 1. The maximum absolute atomic E-state index is 12.7. The molecule has 1 fully saturated rings. The average molecular weight is 340 g/mol. The topological polar surface area (TPSA) is 49.3 Å². The lowest BCUT2D eigenvalue weighted by atomic mass is 9.78. The molecule has 4 heteroatoms. The number of aliphatic hydroxyl groups excluding tert-OH is 1. The third kappa shape index (κ3) is 3.41. The fraction of sp³-hybridized carbons (Fsp3) is 0.562. The van der Waals surface area contributed by atoms with Gasteiger partial charge >= 0.3 is 0 Å². The van der Waals surface area contributed by atoms with Gasteiger partial charge in [-0.25, -0.2) is 0 Å². The lowest BCUT2D eigenvalue weighted by Gasteiger charge is -2.28. The second-order valence-electron chi connectivity index (χ2n) is 5.69. The smallest absolute Gasteiger partial charge is 0.230 e. The Morgan fingerprint density at radius 3 is 2.75 bits per heavy atom. The summed E-state index contributed by atoms with van der Waals surface area (Å²) in [4.78, 5) is 12.7. The summed E-state index contributed by atoms with van der Waals surface area (Å²) in [6, 6.07) is 8.07. The molecule has 1 aliphatic rings. The summed E-state index contributed by atoms with van der Waals surface area (Å²) in [5.41, 5.74) is 0.710. The predicted octanol–water partition coefficient (Wildman–Crippen LogP) is 3.15. The van der Waals surface area contributed by atoms with Gasteiger partial charge in [-0.15, -0.1) is 0 Å². The zero-order valence-corrected chi connectivity index (χ0v) is 13.4. The van der Waals surface area contributed by atoms with E-state index in [1.165, 1.54) is 0 Å². The minimum atomic E-state index is -0.386. The minimum absolute atomic E-state index is 0.105. The number of rotatable bonds is 5. The first-order valence-electron chi connectivity index (χ1n) is 7.27. The van der Waals surface area contributed by atoms with E-state index in [2.05, 4.69) is 27.3 Å². The largest absolute Gasteiger partial charge is 0.393 e. The van der Waals surface area contributed by atoms with Gasteiger partial charge in [0.15, 0.2) is 0 Å². The summed E-state index contributed by atoms with van der Waals surface area (Å²) >= 11 is 3.49. The fourth-order valence-electron chi connectivity index (χ4n) is 2.98. The SMILES string of the molecule is CC(O)CCNC(=O)C1(c2cccc(Br)c2)CCCC1. The average Bonchev–Trinajstić information content (AvgIpc) is 2.88. The lowest BCUT2D eigenvalue weighted by Crippen LogP contribution is -2.43. The Labute approximate surface area is 128 Å². The van der Waals surface area contributed by atoms with Gasteiger partial charge in [0.25, 0.3) is 0 Å². The van der Waals surface area contributed by atoms with Gasteiger partial charge in [0.2, 0.25) is 5.91 Å². The molecule has 0 radical (unpaired) electrons. The van der Waals surface area contributed by atoms with Crippen LogP contribution in [0.2, 0.25) is 0 Å². The zero-order chi connectivity index (χ0) is 14.6. The van der Waals surface area contributed by atoms with Gasteiger partial charge in [-0.1, -0.05) is 40.9 Å². The van der Waals surface area contributed by atoms with E-state index in [9.17, 15) is 9.90 Å². The predicted molar refractivity (Wildman–Crippen MR) is 83.6 cm³/mol. The van der Waals surface area contributed by atoms with E-state index in [-0.39, 0.29) is 17.4 Å². The van der Waals surface area contributed by atoms with Crippen molar-refractivity contribution in [2.45, 2.75) is 50.5 Å². The van der Waals surface area contributed by atoms with Crippen molar-refractivity contribution in [1.82, 2.24) is 5.32 Å². The molecular weight excluding hydrogens is 318 g/mol. The zero-order valence-electron chi connectivity index (χ0n) is 11.9. The molecular formula is C16H22BrNO2. The molecule has 3 nitrogen and oxygen atoms in total. The van der Waals surface area contributed by atoms with E-state index >= 15 is 0 Å². The van der Waals surface area contributed by atoms with Crippen LogP contribution in [0.1, 0.15) is 44.6 Å². The molecule has 1 amide bonds. The summed E-state index contributed by atoms with van der Waals surface area (Å²) in [7, 11) is 0. The molecule has 0 aliphatic heterocycles. The van der Waals surface area contributed by atoms with Gasteiger partial charge in [0, 0.05) is 11.0 Å². The van der Waals surface area contributed by atoms with Crippen molar-refractivity contribution in [2.75, 3.05) is 6.54 Å². The van der Waals surface area contributed by atoms with E-state index in [0.29, 0.717) is 13.0 Å². The molecule has 1 aliphatic carbocycles. The molecule has 0 aromatic heterocycles. The van der Waals surface area contributed by atoms with Crippen LogP contribution in [-0.4, -0.2) is 23.7 Å². The fourth-order valence-corrected chi connectivity index (χ4v) is 3.37. The Morgan fingerprint density at radius 1 is 1.45 bits per heavy atom. The van der Waals surface area contributed by atoms with Gasteiger partial charge in [-0.05, 0) is 43.9 Å². The van der Waals surface area contributed by atoms with E-state index in [1.807, 2.05) is 18.2 Å². The second-order valence-corrected chi connectivity index (χ2v) is 6.61. The Hall–Kier alpha value is -0.870. The van der Waals surface area contributed by atoms with E-state index in [1.54, 1.807) is 6.92 Å². The van der Waals surface area contributed by atoms with Crippen molar-refractivity contribution in [2.24, 2.45) is 0 Å². The van der Waals surface area contributed by atoms with Crippen molar-refractivity contribution in [3.63, 3.8) is 0 Å². The van der Waals surface area contributed by atoms with Crippen LogP contribution in [0.3, 0.4) is 0 Å². The highest BCUT2D eigenvalue weighted by Gasteiger charge is 2.42. The van der Waals surface area contributed by atoms with Gasteiger partial charge in [-0.2, -0.15) is 0 Å². The first kappa shape index (κ1) is 15.5. The minimum Gasteiger partial charge on any atom is -0.393 e. The Morgan fingerprint density at radius 2 is 2.15 bits per heavy atom. The third-order valence-electron chi connectivity index (χ3n) is 4.12. The summed E-state index contributed by atoms with van der Waals surface area (Å²) in [6.45, 7) is 2.28. The van der Waals surface area contributed by atoms with Gasteiger partial charge in [-0.3, -0.25) is 4.79 Å². The molecule has 0 saturated heterocycles. The molecule has 1 unspecified atom stereocenters. The van der Waals surface area contributed by atoms with Gasteiger partial charge in [0.05, 0.1) is 11.5 Å². The van der Waals surface area contributed by atoms with E-state index in [0.717, 1.165) is 35.7 Å². The molecule has 0 bridgehead atoms. The third-order valence-corrected chi connectivity index (χ3v) is 4.61. The number of nitrogens with one attached hydrogen (secondary N) is 1. The van der Waals surface area contributed by atoms with Crippen molar-refractivity contribution in [1.29, 1.82) is 0 Å². The number of carbonyl (C=O) groups excluding carboxylic acids is 1. The van der Waals surface area contributed by atoms with Crippen LogP contribution >= 0.6 is 15.9 Å². The number of hydrogen-bond donors (Lipinski definition) is 2. The van der Waals surface area contributed by atoms with Crippen molar-refractivity contribution in [3.05, 3.63) is 34.3 Å². The summed E-state index contributed by atoms with van der Waals surface area (Å²) in [5.74, 6) is 0.105. The van der Waals surface area contributed by atoms with Gasteiger partial charge in [0.1, 0.15) is 0 Å². The van der Waals surface area contributed by atoms with Gasteiger partial charge < -0.3 is 10.4 Å². The first-order valence-corrected chi connectivity index (χ1v) is 8.06. The molecule has 1 aromatic rings. The van der Waals surface area contributed by atoms with Crippen LogP contribution in [0, 0.1) is 0 Å². The standard InChI is InChI=1S/C16H22BrNO2/c1-12(19)7-10-18-15(20)16(8-2-3-9-16)13-5-4-6-14(17)11-13/h4-6,11-12,19H,2-3,7-10H2,1H3,(H,18,20). The summed E-state index contributed by atoms with van der Waals surface area (Å²) in [6.07, 6.45) is 4.22. The summed E-state index contributed by atoms with van der Waals surface area (Å²) in [5, 5.41) is 12.3. The highest BCUT2D eigenvalue weighted by Crippen LogP contribution is 2.42. The molecule has 20 heavy (non-hydrogen) atoms. The van der Waals surface area contributed by atoms with Crippen LogP contribution in [0.4, 0.5) is 0 Å². The van der Waals surface area contributed by atoms with Crippen molar-refractivity contribution < 1.29 is 9.90 Å². The number of halogens is 1. The highest BCUT2D eigenvalue weighted by molar-refractivity contribution is 9.10. The maximum atomic E-state index is 12.7. The summed E-state index contributed by atoms with van der Waals surface area (Å²) < 4.78 is 1.01. The Balaban J connectivity index is 2.15. The van der Waals surface area contributed by atoms with Crippen LogP contribution in [0.5, 0.6) is 0 Å². The molecule has 1 atom stereocenters. The van der Waals surface area contributed by atoms with Crippen LogP contribution in [0.25, 0.3) is 0 Å². The molecule has 2 rings (SSSR count). The van der Waals surface area contributed by atoms with Crippen LogP contribution in [0.15, 0.2) is 28.7 Å². The molecule has 0 spiro atoms. The number of carbonyl (C=O) groups is 1. The van der Waals surface area contributed by atoms with E-state index in [4.69, 9.17) is 0 Å². The molecule has 110 valence electrons. The van der Waals surface area contributed by atoms with Crippen LogP contribution < -0.4 is 5.32 Å². The normalized spacial score (nSPS) is 18.8. The second kappa shape index (κ2) is 6.72. The maximum Gasteiger partial charge on any atom is 0.230 e. The van der Waals surface area contributed by atoms with Crippen molar-refractivity contribution in [3.8, 4) is 0 Å². The first-order chi connectivity index (χ1) is 9.54. The van der Waals surface area contributed by atoms with Crippen molar-refractivity contribution >= 4 is 21.8 Å².